The fourth-order valence-electron chi connectivity index (χ4n) is 3.25. The van der Waals surface area contributed by atoms with E-state index in [0.717, 1.165) is 17.1 Å². The molecule has 4 rings (SSSR count). The Bertz CT molecular complexity index is 743. The fourth-order valence-corrected chi connectivity index (χ4v) is 3.38. The molecule has 2 aromatic rings. The number of aromatic nitrogens is 1. The third-order valence-electron chi connectivity index (χ3n) is 4.79. The van der Waals surface area contributed by atoms with Crippen LogP contribution in [0.3, 0.4) is 0 Å². The van der Waals surface area contributed by atoms with Gasteiger partial charge in [-0.1, -0.05) is 23.7 Å². The molecule has 1 aliphatic carbocycles. The van der Waals surface area contributed by atoms with Gasteiger partial charge < -0.3 is 10.2 Å². The van der Waals surface area contributed by atoms with Crippen LogP contribution in [0.5, 0.6) is 0 Å². The molecule has 1 unspecified atom stereocenters. The molecule has 24 heavy (non-hydrogen) atoms. The second-order valence-corrected chi connectivity index (χ2v) is 6.99. The standard InChI is InChI=1S/C19H20ClN3O/c20-16-5-3-14(4-6-16)18-12-23(10-9-22-18)19(24)17-11-15(7-8-21-17)13-1-2-13/h3-8,11,13,18,22H,1-2,9-10,12H2. The Hall–Kier alpha value is -1.91. The van der Waals surface area contributed by atoms with Gasteiger partial charge in [0.2, 0.25) is 0 Å². The fraction of sp³-hybridized carbons (Fsp3) is 0.368. The minimum Gasteiger partial charge on any atom is -0.334 e. The summed E-state index contributed by atoms with van der Waals surface area (Å²) in [5.41, 5.74) is 2.96. The molecule has 1 saturated carbocycles. The predicted octanol–water partition coefficient (Wildman–Crippen LogP) is 3.40. The van der Waals surface area contributed by atoms with Gasteiger partial charge in [0.25, 0.3) is 5.91 Å². The molecule has 1 aromatic carbocycles. The second-order valence-electron chi connectivity index (χ2n) is 6.56. The van der Waals surface area contributed by atoms with Crippen molar-refractivity contribution in [3.63, 3.8) is 0 Å². The van der Waals surface area contributed by atoms with Crippen LogP contribution in [0, 0.1) is 0 Å². The number of carbonyl (C=O) groups is 1. The number of nitrogens with zero attached hydrogens (tertiary/aromatic N) is 2. The molecule has 2 heterocycles. The summed E-state index contributed by atoms with van der Waals surface area (Å²) < 4.78 is 0. The van der Waals surface area contributed by atoms with Crippen molar-refractivity contribution in [3.8, 4) is 0 Å². The number of piperazine rings is 1. The summed E-state index contributed by atoms with van der Waals surface area (Å²) in [6.07, 6.45) is 4.22. The van der Waals surface area contributed by atoms with Crippen LogP contribution >= 0.6 is 11.6 Å². The third kappa shape index (κ3) is 3.30. The van der Waals surface area contributed by atoms with Gasteiger partial charge in [0.05, 0.1) is 0 Å². The quantitative estimate of drug-likeness (QED) is 0.930. The van der Waals surface area contributed by atoms with Crippen LogP contribution in [0.4, 0.5) is 0 Å². The summed E-state index contributed by atoms with van der Waals surface area (Å²) in [7, 11) is 0. The first-order valence-corrected chi connectivity index (χ1v) is 8.82. The monoisotopic (exact) mass is 341 g/mol. The Kier molecular flexibility index (Phi) is 4.25. The van der Waals surface area contributed by atoms with Crippen LogP contribution in [0.15, 0.2) is 42.6 Å². The van der Waals surface area contributed by atoms with E-state index in [1.165, 1.54) is 18.4 Å². The zero-order valence-electron chi connectivity index (χ0n) is 13.4. The lowest BCUT2D eigenvalue weighted by Crippen LogP contribution is -2.48. The number of rotatable bonds is 3. The van der Waals surface area contributed by atoms with Gasteiger partial charge in [-0.05, 0) is 54.2 Å². The first-order chi connectivity index (χ1) is 11.7. The average Bonchev–Trinajstić information content (AvgIpc) is 3.47. The third-order valence-corrected chi connectivity index (χ3v) is 5.04. The van der Waals surface area contributed by atoms with E-state index in [1.807, 2.05) is 41.3 Å². The van der Waals surface area contributed by atoms with Gasteiger partial charge in [0.15, 0.2) is 0 Å². The van der Waals surface area contributed by atoms with Crippen molar-refractivity contribution in [2.75, 3.05) is 19.6 Å². The van der Waals surface area contributed by atoms with Crippen molar-refractivity contribution in [1.29, 1.82) is 0 Å². The van der Waals surface area contributed by atoms with Crippen molar-refractivity contribution in [1.82, 2.24) is 15.2 Å². The van der Waals surface area contributed by atoms with Crippen molar-refractivity contribution in [2.24, 2.45) is 0 Å². The Morgan fingerprint density at radius 2 is 1.96 bits per heavy atom. The summed E-state index contributed by atoms with van der Waals surface area (Å²) in [5.74, 6) is 0.655. The van der Waals surface area contributed by atoms with Gasteiger partial charge in [0.1, 0.15) is 5.69 Å². The minimum atomic E-state index is 0.0259. The lowest BCUT2D eigenvalue weighted by Gasteiger charge is -2.34. The maximum absolute atomic E-state index is 12.8. The van der Waals surface area contributed by atoms with Crippen molar-refractivity contribution in [3.05, 3.63) is 64.4 Å². The highest BCUT2D eigenvalue weighted by Crippen LogP contribution is 2.40. The summed E-state index contributed by atoms with van der Waals surface area (Å²) >= 11 is 5.96. The van der Waals surface area contributed by atoms with Crippen LogP contribution < -0.4 is 5.32 Å². The molecule has 2 fully saturated rings. The SMILES string of the molecule is O=C(c1cc(C2CC2)ccn1)N1CCNC(c2ccc(Cl)cc2)C1. The van der Waals surface area contributed by atoms with E-state index in [0.29, 0.717) is 24.7 Å². The Morgan fingerprint density at radius 1 is 1.17 bits per heavy atom. The lowest BCUT2D eigenvalue weighted by atomic mass is 10.0. The Morgan fingerprint density at radius 3 is 2.71 bits per heavy atom. The molecule has 1 aromatic heterocycles. The first kappa shape index (κ1) is 15.6. The Balaban J connectivity index is 1.50. The normalized spacial score (nSPS) is 20.9. The second kappa shape index (κ2) is 6.54. The number of hydrogen-bond acceptors (Lipinski definition) is 3. The molecule has 5 heteroatoms. The number of halogens is 1. The van der Waals surface area contributed by atoms with E-state index >= 15 is 0 Å². The summed E-state index contributed by atoms with van der Waals surface area (Å²) in [6, 6.07) is 11.9. The highest BCUT2D eigenvalue weighted by molar-refractivity contribution is 6.30. The van der Waals surface area contributed by atoms with Crippen LogP contribution in [0.25, 0.3) is 0 Å². The van der Waals surface area contributed by atoms with E-state index in [9.17, 15) is 4.79 Å². The van der Waals surface area contributed by atoms with Crippen molar-refractivity contribution in [2.45, 2.75) is 24.8 Å². The van der Waals surface area contributed by atoms with Gasteiger partial charge in [-0.3, -0.25) is 9.78 Å². The number of amides is 1. The van der Waals surface area contributed by atoms with Gasteiger partial charge in [-0.2, -0.15) is 0 Å². The van der Waals surface area contributed by atoms with Gasteiger partial charge in [-0.25, -0.2) is 0 Å². The maximum Gasteiger partial charge on any atom is 0.272 e. The van der Waals surface area contributed by atoms with Crippen LogP contribution in [0.1, 0.15) is 46.4 Å². The lowest BCUT2D eigenvalue weighted by molar-refractivity contribution is 0.0697. The molecular weight excluding hydrogens is 322 g/mol. The Labute approximate surface area is 146 Å². The van der Waals surface area contributed by atoms with Crippen molar-refractivity contribution >= 4 is 17.5 Å². The molecule has 0 bridgehead atoms. The molecule has 1 saturated heterocycles. The van der Waals surface area contributed by atoms with Crippen molar-refractivity contribution < 1.29 is 4.79 Å². The summed E-state index contributed by atoms with van der Waals surface area (Å²) in [5, 5.41) is 4.20. The topological polar surface area (TPSA) is 45.2 Å². The van der Waals surface area contributed by atoms with E-state index in [1.54, 1.807) is 6.20 Å². The summed E-state index contributed by atoms with van der Waals surface area (Å²) in [6.45, 7) is 2.13. The van der Waals surface area contributed by atoms with Crippen LogP contribution in [-0.2, 0) is 0 Å². The minimum absolute atomic E-state index is 0.0259. The van der Waals surface area contributed by atoms with E-state index < -0.39 is 0 Å². The molecular formula is C19H20ClN3O. The van der Waals surface area contributed by atoms with Crippen LogP contribution in [0.2, 0.25) is 5.02 Å². The molecule has 0 radical (unpaired) electrons. The number of hydrogen-bond donors (Lipinski definition) is 1. The number of carbonyl (C=O) groups excluding carboxylic acids is 1. The first-order valence-electron chi connectivity index (χ1n) is 8.45. The molecule has 1 amide bonds. The van der Waals surface area contributed by atoms with E-state index in [-0.39, 0.29) is 11.9 Å². The van der Waals surface area contributed by atoms with Gasteiger partial charge in [0, 0.05) is 36.9 Å². The van der Waals surface area contributed by atoms with E-state index in [4.69, 9.17) is 11.6 Å². The molecule has 1 atom stereocenters. The predicted molar refractivity (Wildman–Crippen MR) is 94.3 cm³/mol. The average molecular weight is 342 g/mol. The zero-order valence-corrected chi connectivity index (χ0v) is 14.2. The molecule has 124 valence electrons. The van der Waals surface area contributed by atoms with Crippen LogP contribution in [-0.4, -0.2) is 35.4 Å². The zero-order chi connectivity index (χ0) is 16.5. The number of pyridine rings is 1. The molecule has 1 aliphatic heterocycles. The van der Waals surface area contributed by atoms with E-state index in [2.05, 4.69) is 10.3 Å². The number of benzene rings is 1. The summed E-state index contributed by atoms with van der Waals surface area (Å²) in [4.78, 5) is 19.0. The molecule has 2 aliphatic rings. The maximum atomic E-state index is 12.8. The highest BCUT2D eigenvalue weighted by Gasteiger charge is 2.28. The number of nitrogens with one attached hydrogen (secondary N) is 1. The largest absolute Gasteiger partial charge is 0.334 e. The molecule has 0 spiro atoms. The van der Waals surface area contributed by atoms with Gasteiger partial charge in [-0.15, -0.1) is 0 Å². The molecule has 4 nitrogen and oxygen atoms in total. The smallest absolute Gasteiger partial charge is 0.272 e. The highest BCUT2D eigenvalue weighted by atomic mass is 35.5. The molecule has 1 N–H and O–H groups in total. The van der Waals surface area contributed by atoms with Gasteiger partial charge >= 0.3 is 0 Å².